The molecule has 0 aromatic carbocycles. The van der Waals surface area contributed by atoms with Crippen LogP contribution in [0.3, 0.4) is 0 Å². The summed E-state index contributed by atoms with van der Waals surface area (Å²) in [5.41, 5.74) is 1.31. The molecule has 0 bridgehead atoms. The number of aromatic nitrogens is 2. The Morgan fingerprint density at radius 2 is 2.30 bits per heavy atom. The van der Waals surface area contributed by atoms with Crippen LogP contribution in [-0.2, 0) is 18.3 Å². The fraction of sp³-hybridized carbons (Fsp3) is 0.643. The van der Waals surface area contributed by atoms with Crippen molar-refractivity contribution < 1.29 is 9.53 Å². The molecule has 20 heavy (non-hydrogen) atoms. The van der Waals surface area contributed by atoms with Crippen LogP contribution in [-0.4, -0.2) is 39.8 Å². The number of ether oxygens (including phenoxy) is 1. The van der Waals surface area contributed by atoms with Gasteiger partial charge in [0, 0.05) is 32.6 Å². The number of hydrogen-bond donors (Lipinski definition) is 0. The largest absolute Gasteiger partial charge is 0.462 e. The van der Waals surface area contributed by atoms with Crippen molar-refractivity contribution in [1.82, 2.24) is 14.7 Å². The van der Waals surface area contributed by atoms with Gasteiger partial charge in [0.25, 0.3) is 0 Å². The second-order valence-corrected chi connectivity index (χ2v) is 4.82. The average molecular weight is 278 g/mol. The Morgan fingerprint density at radius 3 is 2.85 bits per heavy atom. The van der Waals surface area contributed by atoms with Gasteiger partial charge in [0.2, 0.25) is 0 Å². The molecule has 1 heterocycles. The molecule has 0 aliphatic carbocycles. The Balaban J connectivity index is 2.92. The standard InChI is InChI=1S/C14H22N4O2/c1-5-20-14(19)12-9-16-17(4)13(12)10-18(11(2)3)8-6-7-15/h9,11H,5-6,8,10H2,1-4H3. The number of nitrogens with zero attached hydrogens (tertiary/aromatic N) is 4. The van der Waals surface area contributed by atoms with E-state index in [1.807, 2.05) is 0 Å². The molecule has 0 spiro atoms. The van der Waals surface area contributed by atoms with E-state index in [0.717, 1.165) is 5.69 Å². The zero-order valence-electron chi connectivity index (χ0n) is 12.6. The molecule has 0 saturated carbocycles. The minimum absolute atomic E-state index is 0.285. The van der Waals surface area contributed by atoms with Crippen molar-refractivity contribution in [1.29, 1.82) is 5.26 Å². The van der Waals surface area contributed by atoms with Gasteiger partial charge in [-0.05, 0) is 20.8 Å². The summed E-state index contributed by atoms with van der Waals surface area (Å²) in [4.78, 5) is 14.0. The maximum atomic E-state index is 11.9. The maximum Gasteiger partial charge on any atom is 0.341 e. The summed E-state index contributed by atoms with van der Waals surface area (Å²) in [6.45, 7) is 7.50. The van der Waals surface area contributed by atoms with Crippen molar-refractivity contribution in [3.63, 3.8) is 0 Å². The lowest BCUT2D eigenvalue weighted by Gasteiger charge is -2.25. The van der Waals surface area contributed by atoms with Crippen LogP contribution in [0.25, 0.3) is 0 Å². The Labute approximate surface area is 119 Å². The summed E-state index contributed by atoms with van der Waals surface area (Å²) in [7, 11) is 1.81. The Bertz CT molecular complexity index is 488. The predicted molar refractivity (Wildman–Crippen MR) is 74.9 cm³/mol. The van der Waals surface area contributed by atoms with E-state index in [1.165, 1.54) is 6.20 Å². The van der Waals surface area contributed by atoms with E-state index in [1.54, 1.807) is 18.7 Å². The van der Waals surface area contributed by atoms with Gasteiger partial charge < -0.3 is 4.74 Å². The molecule has 0 radical (unpaired) electrons. The first-order chi connectivity index (χ1) is 9.51. The van der Waals surface area contributed by atoms with Crippen molar-refractivity contribution in [2.45, 2.75) is 39.8 Å². The van der Waals surface area contributed by atoms with E-state index in [9.17, 15) is 4.79 Å². The third-order valence-electron chi connectivity index (χ3n) is 3.15. The summed E-state index contributed by atoms with van der Waals surface area (Å²) < 4.78 is 6.73. The minimum atomic E-state index is -0.348. The lowest BCUT2D eigenvalue weighted by atomic mass is 10.2. The van der Waals surface area contributed by atoms with Gasteiger partial charge in [-0.1, -0.05) is 0 Å². The van der Waals surface area contributed by atoms with Crippen molar-refractivity contribution in [3.05, 3.63) is 17.5 Å². The summed E-state index contributed by atoms with van der Waals surface area (Å²) in [5, 5.41) is 12.9. The van der Waals surface area contributed by atoms with Gasteiger partial charge in [0.1, 0.15) is 5.56 Å². The number of esters is 1. The Hall–Kier alpha value is -1.87. The zero-order valence-corrected chi connectivity index (χ0v) is 12.6. The molecule has 6 nitrogen and oxygen atoms in total. The maximum absolute atomic E-state index is 11.9. The number of carbonyl (C=O) groups is 1. The average Bonchev–Trinajstić information content (AvgIpc) is 2.76. The zero-order chi connectivity index (χ0) is 15.1. The molecule has 0 aliphatic heterocycles. The van der Waals surface area contributed by atoms with E-state index in [0.29, 0.717) is 31.7 Å². The molecule has 1 aromatic rings. The lowest BCUT2D eigenvalue weighted by molar-refractivity contribution is 0.0523. The molecular formula is C14H22N4O2. The minimum Gasteiger partial charge on any atom is -0.462 e. The molecule has 0 saturated heterocycles. The molecule has 0 fully saturated rings. The molecule has 0 amide bonds. The van der Waals surface area contributed by atoms with Crippen molar-refractivity contribution in [2.24, 2.45) is 7.05 Å². The topological polar surface area (TPSA) is 71.2 Å². The smallest absolute Gasteiger partial charge is 0.341 e. The fourth-order valence-corrected chi connectivity index (χ4v) is 1.94. The highest BCUT2D eigenvalue weighted by Gasteiger charge is 2.20. The van der Waals surface area contributed by atoms with Crippen molar-refractivity contribution in [3.8, 4) is 6.07 Å². The first-order valence-electron chi connectivity index (χ1n) is 6.80. The Kier molecular flexibility index (Phi) is 6.19. The van der Waals surface area contributed by atoms with Crippen LogP contribution in [0.4, 0.5) is 0 Å². The molecule has 1 aromatic heterocycles. The molecule has 0 unspecified atom stereocenters. The van der Waals surface area contributed by atoms with Gasteiger partial charge in [0.05, 0.1) is 24.6 Å². The molecule has 110 valence electrons. The third-order valence-corrected chi connectivity index (χ3v) is 3.15. The van der Waals surface area contributed by atoms with Crippen LogP contribution in [0.15, 0.2) is 6.20 Å². The highest BCUT2D eigenvalue weighted by Crippen LogP contribution is 2.14. The molecule has 6 heteroatoms. The van der Waals surface area contributed by atoms with Crippen LogP contribution >= 0.6 is 0 Å². The summed E-state index contributed by atoms with van der Waals surface area (Å²) >= 11 is 0. The Morgan fingerprint density at radius 1 is 1.60 bits per heavy atom. The van der Waals surface area contributed by atoms with E-state index in [-0.39, 0.29) is 12.0 Å². The normalized spacial score (nSPS) is 10.8. The monoisotopic (exact) mass is 278 g/mol. The van der Waals surface area contributed by atoms with E-state index >= 15 is 0 Å². The quantitative estimate of drug-likeness (QED) is 0.710. The summed E-state index contributed by atoms with van der Waals surface area (Å²) in [6, 6.07) is 2.43. The SMILES string of the molecule is CCOC(=O)c1cnn(C)c1CN(CCC#N)C(C)C. The van der Waals surface area contributed by atoms with Crippen LogP contribution in [0.1, 0.15) is 43.2 Å². The highest BCUT2D eigenvalue weighted by molar-refractivity contribution is 5.90. The van der Waals surface area contributed by atoms with E-state index in [4.69, 9.17) is 10.00 Å². The predicted octanol–water partition coefficient (Wildman–Crippen LogP) is 1.72. The van der Waals surface area contributed by atoms with Gasteiger partial charge >= 0.3 is 5.97 Å². The van der Waals surface area contributed by atoms with Gasteiger partial charge in [-0.3, -0.25) is 9.58 Å². The summed E-state index contributed by atoms with van der Waals surface area (Å²) in [5.74, 6) is -0.348. The van der Waals surface area contributed by atoms with Crippen molar-refractivity contribution >= 4 is 5.97 Å². The number of nitriles is 1. The number of rotatable bonds is 7. The molecule has 0 N–H and O–H groups in total. The van der Waals surface area contributed by atoms with Crippen LogP contribution < -0.4 is 0 Å². The first-order valence-corrected chi connectivity index (χ1v) is 6.80. The van der Waals surface area contributed by atoms with Crippen LogP contribution in [0.2, 0.25) is 0 Å². The molecule has 0 aliphatic rings. The number of carbonyl (C=O) groups excluding carboxylic acids is 1. The second-order valence-electron chi connectivity index (χ2n) is 4.82. The van der Waals surface area contributed by atoms with E-state index < -0.39 is 0 Å². The van der Waals surface area contributed by atoms with E-state index in [2.05, 4.69) is 29.9 Å². The third kappa shape index (κ3) is 4.07. The molecule has 0 atom stereocenters. The molecular weight excluding hydrogens is 256 g/mol. The lowest BCUT2D eigenvalue weighted by Crippen LogP contribution is -2.32. The highest BCUT2D eigenvalue weighted by atomic mass is 16.5. The van der Waals surface area contributed by atoms with Crippen molar-refractivity contribution in [2.75, 3.05) is 13.2 Å². The second kappa shape index (κ2) is 7.65. The van der Waals surface area contributed by atoms with Gasteiger partial charge in [0.15, 0.2) is 0 Å². The van der Waals surface area contributed by atoms with Crippen LogP contribution in [0, 0.1) is 11.3 Å². The van der Waals surface area contributed by atoms with Gasteiger partial charge in [-0.2, -0.15) is 10.4 Å². The molecule has 1 rings (SSSR count). The van der Waals surface area contributed by atoms with Crippen LogP contribution in [0.5, 0.6) is 0 Å². The number of aryl methyl sites for hydroxylation is 1. The number of hydrogen-bond acceptors (Lipinski definition) is 5. The first kappa shape index (κ1) is 16.2. The van der Waals surface area contributed by atoms with Gasteiger partial charge in [-0.15, -0.1) is 0 Å². The summed E-state index contributed by atoms with van der Waals surface area (Å²) in [6.07, 6.45) is 2.00. The fourth-order valence-electron chi connectivity index (χ4n) is 1.94. The van der Waals surface area contributed by atoms with Gasteiger partial charge in [-0.25, -0.2) is 4.79 Å².